The highest BCUT2D eigenvalue weighted by Gasteiger charge is 2.40. The quantitative estimate of drug-likeness (QED) is 0.178. The fourth-order valence-corrected chi connectivity index (χ4v) is 4.06. The van der Waals surface area contributed by atoms with Crippen molar-refractivity contribution >= 4 is 29.1 Å². The Morgan fingerprint density at radius 2 is 1.21 bits per heavy atom. The first kappa shape index (κ1) is 33.7. The summed E-state index contributed by atoms with van der Waals surface area (Å²) in [4.78, 5) is 32.6. The lowest BCUT2D eigenvalue weighted by molar-refractivity contribution is -0.170. The van der Waals surface area contributed by atoms with Gasteiger partial charge in [0.15, 0.2) is 5.60 Å². The highest BCUT2D eigenvalue weighted by molar-refractivity contribution is 5.98. The summed E-state index contributed by atoms with van der Waals surface area (Å²) in [5, 5.41) is 43.6. The molecule has 0 aliphatic carbocycles. The fraction of sp³-hybridized carbons (Fsp3) is 0.281. The number of benzene rings is 3. The summed E-state index contributed by atoms with van der Waals surface area (Å²) < 4.78 is 5.85. The van der Waals surface area contributed by atoms with Gasteiger partial charge in [-0.3, -0.25) is 9.59 Å². The van der Waals surface area contributed by atoms with Crippen molar-refractivity contribution < 1.29 is 44.7 Å². The summed E-state index contributed by atoms with van der Waals surface area (Å²) in [5.41, 5.74) is 2.93. The normalized spacial score (nSPS) is 11.6. The zero-order valence-electron chi connectivity index (χ0n) is 23.6. The molecule has 0 aliphatic heterocycles. The van der Waals surface area contributed by atoms with Gasteiger partial charge < -0.3 is 35.2 Å². The zero-order chi connectivity index (χ0) is 31.1. The maximum atomic E-state index is 10.3. The maximum absolute atomic E-state index is 10.3. The minimum Gasteiger partial charge on any atom is -0.492 e. The Labute approximate surface area is 244 Å². The van der Waals surface area contributed by atoms with E-state index in [1.54, 1.807) is 0 Å². The number of carboxylic acids is 3. The van der Waals surface area contributed by atoms with Crippen LogP contribution in [0.2, 0.25) is 0 Å². The van der Waals surface area contributed by atoms with Crippen LogP contribution in [0.4, 0.5) is 0 Å². The van der Waals surface area contributed by atoms with Crippen LogP contribution in [0, 0.1) is 0 Å². The molecule has 0 atom stereocenters. The SMILES string of the molecule is CN(C)CCOc1ccc(/C(=C(/CCO)c2ccccc2)c2ccccc2)cc1.O=C(O)CC(O)(CC(=O)O)C(=O)O. The molecule has 0 bridgehead atoms. The van der Waals surface area contributed by atoms with Crippen molar-refractivity contribution in [2.75, 3.05) is 33.9 Å². The van der Waals surface area contributed by atoms with Crippen molar-refractivity contribution in [3.8, 4) is 5.75 Å². The number of ether oxygens (including phenoxy) is 1. The highest BCUT2D eigenvalue weighted by atomic mass is 16.5. The van der Waals surface area contributed by atoms with E-state index in [2.05, 4.69) is 53.4 Å². The number of aliphatic hydroxyl groups excluding tert-OH is 1. The van der Waals surface area contributed by atoms with E-state index in [0.717, 1.165) is 40.1 Å². The molecule has 3 rings (SSSR count). The van der Waals surface area contributed by atoms with E-state index in [9.17, 15) is 19.5 Å². The first-order chi connectivity index (χ1) is 20.0. The third-order valence-corrected chi connectivity index (χ3v) is 6.08. The molecule has 224 valence electrons. The van der Waals surface area contributed by atoms with E-state index in [4.69, 9.17) is 25.2 Å². The number of likely N-dealkylation sites (N-methyl/N-ethyl adjacent to an activating group) is 1. The smallest absolute Gasteiger partial charge is 0.336 e. The van der Waals surface area contributed by atoms with Crippen LogP contribution in [-0.2, 0) is 14.4 Å². The van der Waals surface area contributed by atoms with Crippen LogP contribution >= 0.6 is 0 Å². The number of carboxylic acid groups (broad SMARTS) is 3. The van der Waals surface area contributed by atoms with Crippen molar-refractivity contribution in [2.24, 2.45) is 0 Å². The molecule has 0 unspecified atom stereocenters. The summed E-state index contributed by atoms with van der Waals surface area (Å²) >= 11 is 0. The zero-order valence-corrected chi connectivity index (χ0v) is 23.6. The number of aliphatic carboxylic acids is 3. The molecule has 0 aliphatic rings. The van der Waals surface area contributed by atoms with Gasteiger partial charge in [-0.2, -0.15) is 0 Å². The summed E-state index contributed by atoms with van der Waals surface area (Å²) in [6.45, 7) is 1.64. The number of aliphatic hydroxyl groups is 2. The summed E-state index contributed by atoms with van der Waals surface area (Å²) in [7, 11) is 4.07. The average Bonchev–Trinajstić information content (AvgIpc) is 2.94. The van der Waals surface area contributed by atoms with E-state index in [1.165, 1.54) is 0 Å². The first-order valence-electron chi connectivity index (χ1n) is 13.2. The van der Waals surface area contributed by atoms with Crippen molar-refractivity contribution in [2.45, 2.75) is 24.9 Å². The molecule has 10 nitrogen and oxygen atoms in total. The molecule has 0 radical (unpaired) electrons. The van der Waals surface area contributed by atoms with Gasteiger partial charge in [0.2, 0.25) is 0 Å². The average molecular weight is 580 g/mol. The van der Waals surface area contributed by atoms with Gasteiger partial charge in [-0.1, -0.05) is 72.8 Å². The number of hydrogen-bond acceptors (Lipinski definition) is 7. The molecule has 0 spiro atoms. The van der Waals surface area contributed by atoms with E-state index in [1.807, 2.05) is 50.5 Å². The first-order valence-corrected chi connectivity index (χ1v) is 13.2. The molecule has 3 aromatic carbocycles. The van der Waals surface area contributed by atoms with Crippen molar-refractivity contribution in [3.05, 3.63) is 102 Å². The lowest BCUT2D eigenvalue weighted by atomic mass is 9.88. The van der Waals surface area contributed by atoms with Crippen LogP contribution in [0.3, 0.4) is 0 Å². The Morgan fingerprint density at radius 1 is 0.738 bits per heavy atom. The molecule has 0 saturated carbocycles. The number of nitrogens with zero attached hydrogens (tertiary/aromatic N) is 1. The lowest BCUT2D eigenvalue weighted by Crippen LogP contribution is -2.42. The Morgan fingerprint density at radius 3 is 1.64 bits per heavy atom. The van der Waals surface area contributed by atoms with Crippen LogP contribution in [-0.4, -0.2) is 87.8 Å². The van der Waals surface area contributed by atoms with Gasteiger partial charge in [0.05, 0.1) is 12.8 Å². The van der Waals surface area contributed by atoms with Crippen LogP contribution in [0.5, 0.6) is 5.75 Å². The van der Waals surface area contributed by atoms with Gasteiger partial charge in [-0.05, 0) is 60.5 Å². The van der Waals surface area contributed by atoms with Crippen LogP contribution in [0.1, 0.15) is 36.0 Å². The predicted molar refractivity (Wildman–Crippen MR) is 158 cm³/mol. The minimum atomic E-state index is -2.74. The van der Waals surface area contributed by atoms with E-state index in [-0.39, 0.29) is 6.61 Å². The van der Waals surface area contributed by atoms with Gasteiger partial charge in [-0.25, -0.2) is 4.79 Å². The second-order valence-electron chi connectivity index (χ2n) is 9.71. The molecular weight excluding hydrogens is 542 g/mol. The van der Waals surface area contributed by atoms with Gasteiger partial charge in [0.1, 0.15) is 12.4 Å². The third-order valence-electron chi connectivity index (χ3n) is 6.08. The molecule has 10 heteroatoms. The number of carbonyl (C=O) groups is 3. The van der Waals surface area contributed by atoms with Gasteiger partial charge in [0.25, 0.3) is 0 Å². The van der Waals surface area contributed by atoms with E-state index < -0.39 is 36.4 Å². The minimum absolute atomic E-state index is 0.103. The molecule has 0 aromatic heterocycles. The largest absolute Gasteiger partial charge is 0.492 e. The summed E-state index contributed by atoms with van der Waals surface area (Å²) in [6, 6.07) is 28.9. The fourth-order valence-electron chi connectivity index (χ4n) is 4.06. The molecule has 0 saturated heterocycles. The second kappa shape index (κ2) is 16.7. The lowest BCUT2D eigenvalue weighted by Gasteiger charge is -2.18. The van der Waals surface area contributed by atoms with Crippen molar-refractivity contribution in [1.29, 1.82) is 0 Å². The van der Waals surface area contributed by atoms with Gasteiger partial charge >= 0.3 is 17.9 Å². The molecule has 3 aromatic rings. The maximum Gasteiger partial charge on any atom is 0.336 e. The van der Waals surface area contributed by atoms with Crippen LogP contribution < -0.4 is 4.74 Å². The van der Waals surface area contributed by atoms with Gasteiger partial charge in [-0.15, -0.1) is 0 Å². The molecule has 0 heterocycles. The molecule has 5 N–H and O–H groups in total. The Hall–Kier alpha value is -4.51. The summed E-state index contributed by atoms with van der Waals surface area (Å²) in [6.07, 6.45) is -1.70. The number of hydrogen-bond donors (Lipinski definition) is 5. The standard InChI is InChI=1S/C26H29NO2.C6H8O7/c1-27(2)18-20-29-24-15-13-23(14-16-24)26(22-11-7-4-8-12-22)25(17-19-28)21-9-5-3-6-10-21;7-3(8)1-6(13,5(11)12)2-4(9)10/h3-16,28H,17-20H2,1-2H3;13H,1-2H2,(H,7,8)(H,9,10)(H,11,12)/b26-25-;. The number of rotatable bonds is 14. The van der Waals surface area contributed by atoms with Crippen molar-refractivity contribution in [3.63, 3.8) is 0 Å². The van der Waals surface area contributed by atoms with Crippen molar-refractivity contribution in [1.82, 2.24) is 4.90 Å². The predicted octanol–water partition coefficient (Wildman–Crippen LogP) is 3.72. The van der Waals surface area contributed by atoms with E-state index >= 15 is 0 Å². The Kier molecular flexibility index (Phi) is 13.4. The highest BCUT2D eigenvalue weighted by Crippen LogP contribution is 2.35. The Bertz CT molecular complexity index is 1310. The molecule has 0 fully saturated rings. The van der Waals surface area contributed by atoms with Crippen LogP contribution in [0.25, 0.3) is 11.1 Å². The molecular formula is C32H37NO9. The van der Waals surface area contributed by atoms with Crippen LogP contribution in [0.15, 0.2) is 84.9 Å². The molecule has 42 heavy (non-hydrogen) atoms. The topological polar surface area (TPSA) is 165 Å². The monoisotopic (exact) mass is 579 g/mol. The van der Waals surface area contributed by atoms with Gasteiger partial charge in [0, 0.05) is 13.2 Å². The summed E-state index contributed by atoms with van der Waals surface area (Å²) in [5.74, 6) is -4.15. The Balaban J connectivity index is 0.000000401. The third kappa shape index (κ3) is 10.8. The van der Waals surface area contributed by atoms with E-state index in [0.29, 0.717) is 13.0 Å². The molecule has 0 amide bonds. The second-order valence-corrected chi connectivity index (χ2v) is 9.71.